The lowest BCUT2D eigenvalue weighted by molar-refractivity contribution is 0.0120. The summed E-state index contributed by atoms with van der Waals surface area (Å²) in [4.78, 5) is 11.8. The van der Waals surface area contributed by atoms with Crippen molar-refractivity contribution >= 4 is 11.7 Å². The third kappa shape index (κ3) is 4.79. The Morgan fingerprint density at radius 2 is 2.00 bits per heavy atom. The molecule has 0 aliphatic rings. The fourth-order valence-corrected chi connectivity index (χ4v) is 1.56. The van der Waals surface area contributed by atoms with Crippen LogP contribution in [0.25, 0.3) is 0 Å². The van der Waals surface area contributed by atoms with Gasteiger partial charge in [0.2, 0.25) is 0 Å². The fraction of sp³-hybridized carbons (Fsp3) is 0.500. The molecule has 1 unspecified atom stereocenters. The number of esters is 1. The van der Waals surface area contributed by atoms with Crippen LogP contribution in [0, 0.1) is 0 Å². The summed E-state index contributed by atoms with van der Waals surface area (Å²) < 4.78 is 15.6. The molecule has 0 heterocycles. The number of hydrogen-bond donors (Lipinski definition) is 1. The molecule has 0 aliphatic carbocycles. The van der Waals surface area contributed by atoms with E-state index in [4.69, 9.17) is 19.9 Å². The molecule has 1 atom stereocenters. The second kappa shape index (κ2) is 6.99. The Balaban J connectivity index is 2.74. The number of nitrogens with two attached hydrogens (primary N) is 1. The number of carbonyl (C=O) groups excluding carboxylic acids is 1. The van der Waals surface area contributed by atoms with Crippen molar-refractivity contribution < 1.29 is 19.0 Å². The van der Waals surface area contributed by atoms with Crippen LogP contribution < -0.4 is 10.5 Å². The van der Waals surface area contributed by atoms with Gasteiger partial charge in [-0.25, -0.2) is 4.79 Å². The van der Waals surface area contributed by atoms with E-state index >= 15 is 0 Å². The summed E-state index contributed by atoms with van der Waals surface area (Å²) in [6, 6.07) is 4.86. The second-order valence-electron chi connectivity index (χ2n) is 4.59. The van der Waals surface area contributed by atoms with E-state index in [0.29, 0.717) is 23.6 Å². The van der Waals surface area contributed by atoms with Gasteiger partial charge in [0, 0.05) is 7.11 Å². The highest BCUT2D eigenvalue weighted by atomic mass is 16.6. The number of methoxy groups -OCH3 is 1. The molecule has 0 saturated carbocycles. The molecule has 19 heavy (non-hydrogen) atoms. The van der Waals surface area contributed by atoms with Gasteiger partial charge < -0.3 is 19.9 Å². The van der Waals surface area contributed by atoms with E-state index in [-0.39, 0.29) is 12.2 Å². The predicted octanol–water partition coefficient (Wildman–Crippen LogP) is 2.25. The Kier molecular flexibility index (Phi) is 5.63. The van der Waals surface area contributed by atoms with Crippen LogP contribution in [-0.4, -0.2) is 31.9 Å². The Hall–Kier alpha value is -1.75. The molecule has 0 bridgehead atoms. The van der Waals surface area contributed by atoms with E-state index < -0.39 is 5.97 Å². The number of anilines is 1. The molecule has 5 nitrogen and oxygen atoms in total. The van der Waals surface area contributed by atoms with Gasteiger partial charge in [-0.1, -0.05) is 0 Å². The average Bonchev–Trinajstić information content (AvgIpc) is 2.31. The first kappa shape index (κ1) is 15.3. The van der Waals surface area contributed by atoms with Gasteiger partial charge in [0.1, 0.15) is 11.9 Å². The monoisotopic (exact) mass is 267 g/mol. The van der Waals surface area contributed by atoms with Crippen LogP contribution >= 0.6 is 0 Å². The van der Waals surface area contributed by atoms with Crippen LogP contribution in [0.4, 0.5) is 5.69 Å². The van der Waals surface area contributed by atoms with Gasteiger partial charge in [-0.15, -0.1) is 0 Å². The van der Waals surface area contributed by atoms with Crippen molar-refractivity contribution in [2.75, 3.05) is 19.5 Å². The lowest BCUT2D eigenvalue weighted by Gasteiger charge is -2.14. The van der Waals surface area contributed by atoms with E-state index in [1.807, 2.05) is 13.8 Å². The normalized spacial score (nSPS) is 12.3. The fourth-order valence-electron chi connectivity index (χ4n) is 1.56. The first-order valence-electron chi connectivity index (χ1n) is 6.20. The lowest BCUT2D eigenvalue weighted by atomic mass is 10.2. The summed E-state index contributed by atoms with van der Waals surface area (Å²) in [5.74, 6) is 0.142. The van der Waals surface area contributed by atoms with Gasteiger partial charge in [0.05, 0.1) is 24.0 Å². The Morgan fingerprint density at radius 3 is 2.53 bits per heavy atom. The molecule has 1 rings (SSSR count). The summed E-state index contributed by atoms with van der Waals surface area (Å²) in [7, 11) is 1.56. The Morgan fingerprint density at radius 1 is 1.32 bits per heavy atom. The maximum absolute atomic E-state index is 11.8. The first-order valence-corrected chi connectivity index (χ1v) is 6.20. The molecule has 0 spiro atoms. The Labute approximate surface area is 113 Å². The van der Waals surface area contributed by atoms with Crippen LogP contribution in [0.5, 0.6) is 5.75 Å². The minimum Gasteiger partial charge on any atom is -0.489 e. The van der Waals surface area contributed by atoms with E-state index in [0.717, 1.165) is 0 Å². The number of rotatable bonds is 6. The molecule has 0 radical (unpaired) electrons. The van der Waals surface area contributed by atoms with E-state index in [1.54, 1.807) is 32.2 Å². The molecule has 1 aromatic rings. The minimum atomic E-state index is -0.424. The van der Waals surface area contributed by atoms with E-state index in [1.165, 1.54) is 0 Å². The van der Waals surface area contributed by atoms with Gasteiger partial charge in [-0.3, -0.25) is 0 Å². The highest BCUT2D eigenvalue weighted by Gasteiger charge is 2.14. The van der Waals surface area contributed by atoms with Gasteiger partial charge in [-0.2, -0.15) is 0 Å². The van der Waals surface area contributed by atoms with Crippen LogP contribution in [0.1, 0.15) is 31.1 Å². The Bertz CT molecular complexity index is 431. The third-order valence-corrected chi connectivity index (χ3v) is 2.32. The zero-order valence-corrected chi connectivity index (χ0v) is 11.8. The number of hydrogen-bond acceptors (Lipinski definition) is 5. The summed E-state index contributed by atoms with van der Waals surface area (Å²) in [6.45, 7) is 5.94. The highest BCUT2D eigenvalue weighted by molar-refractivity contribution is 5.91. The molecule has 0 fully saturated rings. The van der Waals surface area contributed by atoms with Crippen LogP contribution in [-0.2, 0) is 9.47 Å². The van der Waals surface area contributed by atoms with Crippen molar-refractivity contribution in [3.63, 3.8) is 0 Å². The van der Waals surface area contributed by atoms with Gasteiger partial charge in [0.15, 0.2) is 0 Å². The van der Waals surface area contributed by atoms with Crippen molar-refractivity contribution in [3.05, 3.63) is 23.8 Å². The number of ether oxygens (including phenoxy) is 3. The van der Waals surface area contributed by atoms with Gasteiger partial charge in [0.25, 0.3) is 0 Å². The van der Waals surface area contributed by atoms with E-state index in [9.17, 15) is 4.79 Å². The molecular weight excluding hydrogens is 246 g/mol. The maximum Gasteiger partial charge on any atom is 0.338 e. The third-order valence-electron chi connectivity index (χ3n) is 2.32. The topological polar surface area (TPSA) is 70.8 Å². The number of carbonyl (C=O) groups is 1. The van der Waals surface area contributed by atoms with Crippen LogP contribution in [0.3, 0.4) is 0 Å². The van der Waals surface area contributed by atoms with Crippen molar-refractivity contribution in [2.24, 2.45) is 0 Å². The zero-order valence-electron chi connectivity index (χ0n) is 11.8. The van der Waals surface area contributed by atoms with Crippen LogP contribution in [0.2, 0.25) is 0 Å². The smallest absolute Gasteiger partial charge is 0.338 e. The minimum absolute atomic E-state index is 0.0295. The highest BCUT2D eigenvalue weighted by Crippen LogP contribution is 2.24. The second-order valence-corrected chi connectivity index (χ2v) is 4.59. The van der Waals surface area contributed by atoms with E-state index in [2.05, 4.69) is 0 Å². The largest absolute Gasteiger partial charge is 0.489 e. The standard InChI is InChI=1S/C14H21NO4/c1-9(2)18-13-6-5-11(7-12(13)15)14(16)19-10(3)8-17-4/h5-7,9-10H,8,15H2,1-4H3. The SMILES string of the molecule is COCC(C)OC(=O)c1ccc(OC(C)C)c(N)c1. The van der Waals surface area contributed by atoms with Crippen molar-refractivity contribution in [1.29, 1.82) is 0 Å². The molecule has 0 amide bonds. The van der Waals surface area contributed by atoms with Crippen LogP contribution in [0.15, 0.2) is 18.2 Å². The van der Waals surface area contributed by atoms with Gasteiger partial charge >= 0.3 is 5.97 Å². The molecular formula is C14H21NO4. The number of nitrogen functional groups attached to an aromatic ring is 1. The summed E-state index contributed by atoms with van der Waals surface area (Å²) in [6.07, 6.45) is -0.271. The maximum atomic E-state index is 11.8. The van der Waals surface area contributed by atoms with Crippen molar-refractivity contribution in [3.8, 4) is 5.75 Å². The van der Waals surface area contributed by atoms with Crippen molar-refractivity contribution in [1.82, 2.24) is 0 Å². The molecule has 0 saturated heterocycles. The summed E-state index contributed by atoms with van der Waals surface area (Å²) in [5, 5.41) is 0. The summed E-state index contributed by atoms with van der Waals surface area (Å²) in [5.41, 5.74) is 6.66. The molecule has 106 valence electrons. The first-order chi connectivity index (χ1) is 8.93. The molecule has 0 aliphatic heterocycles. The molecule has 1 aromatic carbocycles. The molecule has 2 N–H and O–H groups in total. The zero-order chi connectivity index (χ0) is 14.4. The predicted molar refractivity (Wildman–Crippen MR) is 73.4 cm³/mol. The lowest BCUT2D eigenvalue weighted by Crippen LogP contribution is -2.19. The number of benzene rings is 1. The average molecular weight is 267 g/mol. The molecule has 0 aromatic heterocycles. The van der Waals surface area contributed by atoms with Gasteiger partial charge in [-0.05, 0) is 39.0 Å². The summed E-state index contributed by atoms with van der Waals surface area (Å²) >= 11 is 0. The molecule has 5 heteroatoms. The van der Waals surface area contributed by atoms with Crippen molar-refractivity contribution in [2.45, 2.75) is 33.0 Å². The quantitative estimate of drug-likeness (QED) is 0.632.